The van der Waals surface area contributed by atoms with Gasteiger partial charge in [-0.3, -0.25) is 4.79 Å². The molecule has 0 saturated carbocycles. The Bertz CT molecular complexity index is 1240. The van der Waals surface area contributed by atoms with Crippen molar-refractivity contribution in [2.45, 2.75) is 31.9 Å². The highest BCUT2D eigenvalue weighted by atomic mass is 19.4. The Labute approximate surface area is 211 Å². The van der Waals surface area contributed by atoms with Crippen LogP contribution in [-0.4, -0.2) is 82.1 Å². The summed E-state index contributed by atoms with van der Waals surface area (Å²) in [5.74, 6) is -1.55. The van der Waals surface area contributed by atoms with Gasteiger partial charge >= 0.3 is 12.1 Å². The van der Waals surface area contributed by atoms with E-state index in [1.54, 1.807) is 0 Å². The zero-order chi connectivity index (χ0) is 26.6. The number of benzene rings is 1. The predicted molar refractivity (Wildman–Crippen MR) is 129 cm³/mol. The molecule has 3 aromatic rings. The van der Waals surface area contributed by atoms with Crippen molar-refractivity contribution < 1.29 is 32.6 Å². The number of halogens is 3. The average Bonchev–Trinajstić information content (AvgIpc) is 3.53. The summed E-state index contributed by atoms with van der Waals surface area (Å²) in [4.78, 5) is 30.6. The first kappa shape index (κ1) is 26.4. The zero-order valence-electron chi connectivity index (χ0n) is 20.3. The van der Waals surface area contributed by atoms with Gasteiger partial charge in [0, 0.05) is 32.1 Å². The van der Waals surface area contributed by atoms with Crippen LogP contribution in [0.25, 0.3) is 5.65 Å². The van der Waals surface area contributed by atoms with Crippen LogP contribution >= 0.6 is 0 Å². The maximum Gasteiger partial charge on any atom is 0.490 e. The molecule has 0 spiro atoms. The molecule has 198 valence electrons. The van der Waals surface area contributed by atoms with Crippen LogP contribution in [0, 0.1) is 6.92 Å². The molecule has 0 bridgehead atoms. The number of hydrogen-bond donors (Lipinski definition) is 1. The van der Waals surface area contributed by atoms with Crippen molar-refractivity contribution in [1.82, 2.24) is 19.5 Å². The summed E-state index contributed by atoms with van der Waals surface area (Å²) >= 11 is 0. The Morgan fingerprint density at radius 3 is 2.41 bits per heavy atom. The first-order chi connectivity index (χ1) is 17.6. The highest BCUT2D eigenvalue weighted by Crippen LogP contribution is 2.26. The number of aromatic nitrogens is 3. The summed E-state index contributed by atoms with van der Waals surface area (Å²) in [7, 11) is 0. The Morgan fingerprint density at radius 1 is 1.08 bits per heavy atom. The number of aryl methyl sites for hydroxylation is 1. The van der Waals surface area contributed by atoms with E-state index in [1.165, 1.54) is 5.56 Å². The van der Waals surface area contributed by atoms with E-state index in [2.05, 4.69) is 30.0 Å². The molecule has 9 nitrogen and oxygen atoms in total. The van der Waals surface area contributed by atoms with Crippen molar-refractivity contribution >= 4 is 23.2 Å². The Balaban J connectivity index is 0.000000405. The number of carbonyl (C=O) groups is 2. The maximum absolute atomic E-state index is 12.7. The molecule has 12 heteroatoms. The molecule has 2 aliphatic rings. The van der Waals surface area contributed by atoms with E-state index in [0.717, 1.165) is 62.0 Å². The van der Waals surface area contributed by atoms with E-state index >= 15 is 0 Å². The smallest absolute Gasteiger partial charge is 0.475 e. The summed E-state index contributed by atoms with van der Waals surface area (Å²) < 4.78 is 39.1. The highest BCUT2D eigenvalue weighted by Gasteiger charge is 2.38. The number of carbonyl (C=O) groups excluding carboxylic acids is 1. The summed E-state index contributed by atoms with van der Waals surface area (Å²) in [6.45, 7) is 6.83. The predicted octanol–water partition coefficient (Wildman–Crippen LogP) is 3.07. The fraction of sp³-hybridized carbons (Fsp3) is 0.440. The van der Waals surface area contributed by atoms with Gasteiger partial charge < -0.3 is 19.6 Å². The first-order valence-electron chi connectivity index (χ1n) is 11.9. The third kappa shape index (κ3) is 6.76. The van der Waals surface area contributed by atoms with Crippen LogP contribution < -0.4 is 4.90 Å². The number of morpholine rings is 1. The quantitative estimate of drug-likeness (QED) is 0.566. The number of aliphatic carboxylic acids is 1. The van der Waals surface area contributed by atoms with Crippen molar-refractivity contribution in [1.29, 1.82) is 0 Å². The van der Waals surface area contributed by atoms with Gasteiger partial charge in [0.1, 0.15) is 0 Å². The fourth-order valence-corrected chi connectivity index (χ4v) is 4.26. The molecule has 0 aliphatic carbocycles. The third-order valence-electron chi connectivity index (χ3n) is 6.33. The number of likely N-dealkylation sites (tertiary alicyclic amines) is 1. The van der Waals surface area contributed by atoms with E-state index in [0.29, 0.717) is 13.0 Å². The molecule has 5 rings (SSSR count). The summed E-state index contributed by atoms with van der Waals surface area (Å²) in [6, 6.07) is 12.3. The van der Waals surface area contributed by atoms with Crippen LogP contribution in [0.15, 0.2) is 42.6 Å². The van der Waals surface area contributed by atoms with Crippen molar-refractivity contribution in [3.63, 3.8) is 0 Å². The number of anilines is 1. The molecule has 1 atom stereocenters. The highest BCUT2D eigenvalue weighted by molar-refractivity contribution is 5.79. The maximum atomic E-state index is 12.7. The summed E-state index contributed by atoms with van der Waals surface area (Å²) in [5.41, 5.74) is 4.27. The number of fused-ring (bicyclic) bond motifs is 1. The molecule has 2 saturated heterocycles. The van der Waals surface area contributed by atoms with Gasteiger partial charge in [-0.25, -0.2) is 14.3 Å². The molecule has 1 aromatic carbocycles. The van der Waals surface area contributed by atoms with E-state index in [1.807, 2.05) is 33.8 Å². The molecular weight excluding hydrogens is 491 g/mol. The standard InChI is InChI=1S/C23H27N5O2.C2HF3O2/c1-17-2-4-18(5-3-17)14-22(29)27-9-8-19(15-27)23-24-21-7-6-20(16-28(21)25-23)26-10-12-30-13-11-26;3-2(4,5)1(6)7/h2-7,16,19H,8-15H2,1H3;(H,6,7). The molecule has 4 heterocycles. The summed E-state index contributed by atoms with van der Waals surface area (Å²) in [6.07, 6.45) is -1.67. The number of amides is 1. The summed E-state index contributed by atoms with van der Waals surface area (Å²) in [5, 5.41) is 11.9. The Hall–Kier alpha value is -3.67. The van der Waals surface area contributed by atoms with Gasteiger partial charge in [-0.05, 0) is 31.0 Å². The monoisotopic (exact) mass is 519 g/mol. The normalized spacial score (nSPS) is 18.0. The van der Waals surface area contributed by atoms with Gasteiger partial charge in [-0.15, -0.1) is 0 Å². The largest absolute Gasteiger partial charge is 0.490 e. The third-order valence-corrected chi connectivity index (χ3v) is 6.33. The van der Waals surface area contributed by atoms with Crippen LogP contribution in [0.3, 0.4) is 0 Å². The molecule has 2 fully saturated rings. The lowest BCUT2D eigenvalue weighted by Crippen LogP contribution is -2.36. The van der Waals surface area contributed by atoms with Crippen LogP contribution in [0.1, 0.15) is 29.3 Å². The van der Waals surface area contributed by atoms with Gasteiger partial charge in [0.2, 0.25) is 5.91 Å². The van der Waals surface area contributed by atoms with Crippen LogP contribution in [-0.2, 0) is 20.7 Å². The SMILES string of the molecule is Cc1ccc(CC(=O)N2CCC(c3nc4ccc(N5CCOCC5)cn4n3)C2)cc1.O=C(O)C(F)(F)F. The van der Waals surface area contributed by atoms with E-state index < -0.39 is 12.1 Å². The number of alkyl halides is 3. The second-order valence-electron chi connectivity index (χ2n) is 9.05. The molecule has 0 radical (unpaired) electrons. The minimum Gasteiger partial charge on any atom is -0.475 e. The minimum atomic E-state index is -5.08. The molecule has 2 aliphatic heterocycles. The number of ether oxygens (including phenoxy) is 1. The van der Waals surface area contributed by atoms with Crippen molar-refractivity contribution in [2.75, 3.05) is 44.3 Å². The number of nitrogens with zero attached hydrogens (tertiary/aromatic N) is 5. The van der Waals surface area contributed by atoms with Crippen LogP contribution in [0.2, 0.25) is 0 Å². The zero-order valence-corrected chi connectivity index (χ0v) is 20.3. The second kappa shape index (κ2) is 11.2. The number of rotatable bonds is 4. The number of carboxylic acid groups (broad SMARTS) is 1. The molecule has 1 amide bonds. The molecule has 1 N–H and O–H groups in total. The van der Waals surface area contributed by atoms with E-state index in [9.17, 15) is 18.0 Å². The van der Waals surface area contributed by atoms with Gasteiger partial charge in [0.15, 0.2) is 11.5 Å². The van der Waals surface area contributed by atoms with E-state index in [4.69, 9.17) is 24.7 Å². The van der Waals surface area contributed by atoms with Gasteiger partial charge in [-0.1, -0.05) is 29.8 Å². The van der Waals surface area contributed by atoms with E-state index in [-0.39, 0.29) is 11.8 Å². The van der Waals surface area contributed by atoms with Gasteiger partial charge in [0.05, 0.1) is 31.5 Å². The van der Waals surface area contributed by atoms with Crippen molar-refractivity contribution in [3.05, 3.63) is 59.5 Å². The number of carboxylic acids is 1. The first-order valence-corrected chi connectivity index (χ1v) is 11.9. The second-order valence-corrected chi connectivity index (χ2v) is 9.05. The van der Waals surface area contributed by atoms with Crippen molar-refractivity contribution in [3.8, 4) is 0 Å². The lowest BCUT2D eigenvalue weighted by molar-refractivity contribution is -0.192. The number of pyridine rings is 1. The average molecular weight is 520 g/mol. The van der Waals surface area contributed by atoms with Crippen LogP contribution in [0.5, 0.6) is 0 Å². The minimum absolute atomic E-state index is 0.180. The topological polar surface area (TPSA) is 100 Å². The lowest BCUT2D eigenvalue weighted by Gasteiger charge is -2.28. The molecule has 37 heavy (non-hydrogen) atoms. The van der Waals surface area contributed by atoms with Crippen LogP contribution in [0.4, 0.5) is 18.9 Å². The number of hydrogen-bond acceptors (Lipinski definition) is 6. The Kier molecular flexibility index (Phi) is 7.96. The van der Waals surface area contributed by atoms with Gasteiger partial charge in [-0.2, -0.15) is 18.3 Å². The molecular formula is C25H28F3N5O4. The fourth-order valence-electron chi connectivity index (χ4n) is 4.26. The Morgan fingerprint density at radius 2 is 1.76 bits per heavy atom. The lowest BCUT2D eigenvalue weighted by atomic mass is 10.1. The molecule has 1 unspecified atom stereocenters. The van der Waals surface area contributed by atoms with Crippen molar-refractivity contribution in [2.24, 2.45) is 0 Å². The molecule has 2 aromatic heterocycles. The van der Waals surface area contributed by atoms with Gasteiger partial charge in [0.25, 0.3) is 0 Å².